The average molecular weight is 251 g/mol. The third kappa shape index (κ3) is 2.42. The zero-order valence-electron chi connectivity index (χ0n) is 8.93. The third-order valence-corrected chi connectivity index (χ3v) is 2.13. The predicted molar refractivity (Wildman–Crippen MR) is 57.6 cm³/mol. The molecule has 6 heteroatoms. The predicted octanol–water partition coefficient (Wildman–Crippen LogP) is 2.85. The molecule has 18 heavy (non-hydrogen) atoms. The minimum Gasteiger partial charge on any atom is -0.477 e. The molecule has 2 aromatic rings. The fourth-order valence-corrected chi connectivity index (χ4v) is 1.30. The summed E-state index contributed by atoms with van der Waals surface area (Å²) in [5.41, 5.74) is -0.165. The van der Waals surface area contributed by atoms with E-state index in [2.05, 4.69) is 4.98 Å². The summed E-state index contributed by atoms with van der Waals surface area (Å²) in [4.78, 5) is 14.5. The van der Waals surface area contributed by atoms with E-state index in [-0.39, 0.29) is 17.1 Å². The molecule has 1 heterocycles. The van der Waals surface area contributed by atoms with Gasteiger partial charge in [0.1, 0.15) is 17.1 Å². The van der Waals surface area contributed by atoms with Gasteiger partial charge in [0.25, 0.3) is 0 Å². The van der Waals surface area contributed by atoms with Gasteiger partial charge in [0, 0.05) is 24.5 Å². The van der Waals surface area contributed by atoms with Crippen molar-refractivity contribution >= 4 is 5.97 Å². The van der Waals surface area contributed by atoms with Gasteiger partial charge in [-0.1, -0.05) is 0 Å². The van der Waals surface area contributed by atoms with Crippen LogP contribution in [0.2, 0.25) is 0 Å². The van der Waals surface area contributed by atoms with Gasteiger partial charge in [-0.3, -0.25) is 4.98 Å². The summed E-state index contributed by atoms with van der Waals surface area (Å²) in [5.74, 6) is -3.29. The van der Waals surface area contributed by atoms with Crippen molar-refractivity contribution in [2.75, 3.05) is 0 Å². The zero-order valence-corrected chi connectivity index (χ0v) is 8.93. The quantitative estimate of drug-likeness (QED) is 0.911. The van der Waals surface area contributed by atoms with E-state index in [1.165, 1.54) is 18.3 Å². The molecule has 0 saturated heterocycles. The molecule has 1 aromatic heterocycles. The molecular weight excluding hydrogens is 244 g/mol. The largest absolute Gasteiger partial charge is 0.477 e. The number of benzene rings is 1. The second kappa shape index (κ2) is 4.79. The number of halogens is 2. The van der Waals surface area contributed by atoms with E-state index in [1.54, 1.807) is 0 Å². The lowest BCUT2D eigenvalue weighted by molar-refractivity contribution is 0.0693. The first-order valence-electron chi connectivity index (χ1n) is 4.88. The van der Waals surface area contributed by atoms with Crippen LogP contribution in [-0.2, 0) is 0 Å². The molecule has 0 unspecified atom stereocenters. The average Bonchev–Trinajstić information content (AvgIpc) is 2.34. The van der Waals surface area contributed by atoms with Crippen LogP contribution in [0.15, 0.2) is 36.7 Å². The highest BCUT2D eigenvalue weighted by Gasteiger charge is 2.12. The van der Waals surface area contributed by atoms with Crippen LogP contribution < -0.4 is 4.74 Å². The number of carboxylic acids is 1. The van der Waals surface area contributed by atoms with E-state index < -0.39 is 17.6 Å². The number of rotatable bonds is 3. The standard InChI is InChI=1S/C12H7F2NO3/c13-9-2-1-7(5-10(9)14)18-11-3-4-15-6-8(11)12(16)17/h1-6H,(H,16,17). The topological polar surface area (TPSA) is 59.4 Å². The lowest BCUT2D eigenvalue weighted by atomic mass is 10.2. The second-order valence-corrected chi connectivity index (χ2v) is 3.35. The van der Waals surface area contributed by atoms with Crippen molar-refractivity contribution in [1.29, 1.82) is 0 Å². The molecule has 2 rings (SSSR count). The summed E-state index contributed by atoms with van der Waals surface area (Å²) in [6.07, 6.45) is 2.44. The van der Waals surface area contributed by atoms with E-state index >= 15 is 0 Å². The molecule has 0 aliphatic rings. The number of pyridine rings is 1. The molecule has 1 aromatic carbocycles. The van der Waals surface area contributed by atoms with Crippen molar-refractivity contribution in [3.8, 4) is 11.5 Å². The first kappa shape index (κ1) is 12.0. The van der Waals surface area contributed by atoms with Crippen LogP contribution in [0.3, 0.4) is 0 Å². The van der Waals surface area contributed by atoms with Crippen LogP contribution in [0.5, 0.6) is 11.5 Å². The van der Waals surface area contributed by atoms with Gasteiger partial charge < -0.3 is 9.84 Å². The molecule has 0 aliphatic heterocycles. The summed E-state index contributed by atoms with van der Waals surface area (Å²) >= 11 is 0. The van der Waals surface area contributed by atoms with Crippen molar-refractivity contribution in [3.05, 3.63) is 53.9 Å². The highest BCUT2D eigenvalue weighted by molar-refractivity contribution is 5.90. The number of carbonyl (C=O) groups is 1. The van der Waals surface area contributed by atoms with Crippen LogP contribution in [0.25, 0.3) is 0 Å². The Morgan fingerprint density at radius 2 is 2.00 bits per heavy atom. The van der Waals surface area contributed by atoms with Gasteiger partial charge >= 0.3 is 5.97 Å². The van der Waals surface area contributed by atoms with Gasteiger partial charge in [-0.2, -0.15) is 0 Å². The summed E-state index contributed by atoms with van der Waals surface area (Å²) in [7, 11) is 0. The molecule has 0 saturated carbocycles. The molecule has 0 amide bonds. The summed E-state index contributed by atoms with van der Waals surface area (Å²) < 4.78 is 30.8. The van der Waals surface area contributed by atoms with E-state index in [9.17, 15) is 13.6 Å². The molecule has 0 atom stereocenters. The molecule has 92 valence electrons. The Morgan fingerprint density at radius 1 is 1.22 bits per heavy atom. The van der Waals surface area contributed by atoms with E-state index in [1.807, 2.05) is 0 Å². The molecule has 0 radical (unpaired) electrons. The Morgan fingerprint density at radius 3 is 2.67 bits per heavy atom. The van der Waals surface area contributed by atoms with E-state index in [4.69, 9.17) is 9.84 Å². The number of hydrogen-bond donors (Lipinski definition) is 1. The van der Waals surface area contributed by atoms with E-state index in [0.29, 0.717) is 0 Å². The van der Waals surface area contributed by atoms with Crippen molar-refractivity contribution in [2.45, 2.75) is 0 Å². The Kier molecular flexibility index (Phi) is 3.18. The van der Waals surface area contributed by atoms with E-state index in [0.717, 1.165) is 18.3 Å². The van der Waals surface area contributed by atoms with Crippen molar-refractivity contribution in [2.24, 2.45) is 0 Å². The van der Waals surface area contributed by atoms with Crippen molar-refractivity contribution in [3.63, 3.8) is 0 Å². The highest BCUT2D eigenvalue weighted by atomic mass is 19.2. The molecule has 0 spiro atoms. The highest BCUT2D eigenvalue weighted by Crippen LogP contribution is 2.25. The molecule has 4 nitrogen and oxygen atoms in total. The molecule has 0 bridgehead atoms. The number of carboxylic acid groups (broad SMARTS) is 1. The van der Waals surface area contributed by atoms with Gasteiger partial charge in [0.15, 0.2) is 11.6 Å². The maximum absolute atomic E-state index is 13.0. The maximum Gasteiger partial charge on any atom is 0.341 e. The Labute approximate surface area is 100 Å². The summed E-state index contributed by atoms with van der Waals surface area (Å²) in [5, 5.41) is 8.89. The van der Waals surface area contributed by atoms with Crippen molar-refractivity contribution < 1.29 is 23.4 Å². The zero-order chi connectivity index (χ0) is 13.1. The monoisotopic (exact) mass is 251 g/mol. The summed E-state index contributed by atoms with van der Waals surface area (Å²) in [6, 6.07) is 4.25. The normalized spacial score (nSPS) is 10.1. The van der Waals surface area contributed by atoms with Gasteiger partial charge in [-0.15, -0.1) is 0 Å². The second-order valence-electron chi connectivity index (χ2n) is 3.35. The molecule has 1 N–H and O–H groups in total. The van der Waals surface area contributed by atoms with Gasteiger partial charge in [-0.25, -0.2) is 13.6 Å². The van der Waals surface area contributed by atoms with Gasteiger partial charge in [0.05, 0.1) is 0 Å². The minimum atomic E-state index is -1.22. The number of ether oxygens (including phenoxy) is 1. The van der Waals surface area contributed by atoms with Crippen LogP contribution in [0.1, 0.15) is 10.4 Å². The van der Waals surface area contributed by atoms with Crippen molar-refractivity contribution in [1.82, 2.24) is 4.98 Å². The smallest absolute Gasteiger partial charge is 0.341 e. The van der Waals surface area contributed by atoms with Gasteiger partial charge in [0.2, 0.25) is 0 Å². The minimum absolute atomic E-state index is 0.00241. The summed E-state index contributed by atoms with van der Waals surface area (Å²) in [6.45, 7) is 0. The third-order valence-electron chi connectivity index (χ3n) is 2.13. The molecule has 0 aliphatic carbocycles. The Hall–Kier alpha value is -2.50. The maximum atomic E-state index is 13.0. The number of aromatic carboxylic acids is 1. The number of nitrogens with zero attached hydrogens (tertiary/aromatic N) is 1. The van der Waals surface area contributed by atoms with Crippen LogP contribution in [0.4, 0.5) is 8.78 Å². The van der Waals surface area contributed by atoms with Gasteiger partial charge in [-0.05, 0) is 12.1 Å². The lowest BCUT2D eigenvalue weighted by Crippen LogP contribution is -2.00. The Bertz CT molecular complexity index is 602. The Balaban J connectivity index is 2.34. The number of hydrogen-bond acceptors (Lipinski definition) is 3. The molecule has 0 fully saturated rings. The SMILES string of the molecule is O=C(O)c1cnccc1Oc1ccc(F)c(F)c1. The fraction of sp³-hybridized carbons (Fsp3) is 0. The number of aromatic nitrogens is 1. The van der Waals surface area contributed by atoms with Crippen LogP contribution >= 0.6 is 0 Å². The lowest BCUT2D eigenvalue weighted by Gasteiger charge is -2.08. The van der Waals surface area contributed by atoms with Crippen LogP contribution in [0, 0.1) is 11.6 Å². The van der Waals surface area contributed by atoms with Crippen LogP contribution in [-0.4, -0.2) is 16.1 Å². The first-order valence-corrected chi connectivity index (χ1v) is 4.88. The fourth-order valence-electron chi connectivity index (χ4n) is 1.30. The molecular formula is C12H7F2NO3. The first-order chi connectivity index (χ1) is 8.58.